The van der Waals surface area contributed by atoms with Crippen LogP contribution in [-0.4, -0.2) is 78.9 Å². The first-order valence-corrected chi connectivity index (χ1v) is 12.5. The molecule has 178 valence electrons. The van der Waals surface area contributed by atoms with Gasteiger partial charge in [-0.15, -0.1) is 0 Å². The molecule has 32 heavy (non-hydrogen) atoms. The first-order valence-electron chi connectivity index (χ1n) is 12.5. The van der Waals surface area contributed by atoms with Gasteiger partial charge in [-0.05, 0) is 77.0 Å². The van der Waals surface area contributed by atoms with Gasteiger partial charge in [-0.2, -0.15) is 0 Å². The zero-order valence-electron chi connectivity index (χ0n) is 20.6. The average molecular weight is 443 g/mol. The Morgan fingerprint density at radius 1 is 0.844 bits per heavy atom. The van der Waals surface area contributed by atoms with Crippen LogP contribution in [0, 0.1) is 0 Å². The van der Waals surface area contributed by atoms with Crippen LogP contribution in [0.4, 0.5) is 5.69 Å². The van der Waals surface area contributed by atoms with E-state index in [1.54, 1.807) is 6.92 Å². The third-order valence-corrected chi connectivity index (χ3v) is 6.93. The standard InChI is InChI=1S/C26H42N4O2/c1-21(2)29-14-8-6-5-7-9-16-30(22(3)31)25-12-11-23(19-24(25)20-29)26(32)28-15-10-13-27(4)17-18-28/h11-12,19,21H,5-10,13-18,20H2,1-4H3. The van der Waals surface area contributed by atoms with Crippen LogP contribution in [0.15, 0.2) is 18.2 Å². The SMILES string of the molecule is CC(=O)N1CCCCCCCN(C(C)C)Cc2cc(C(=O)N3CCCN(C)CC3)ccc21. The van der Waals surface area contributed by atoms with Gasteiger partial charge < -0.3 is 14.7 Å². The summed E-state index contributed by atoms with van der Waals surface area (Å²) in [5, 5.41) is 0. The number of anilines is 1. The maximum absolute atomic E-state index is 13.4. The van der Waals surface area contributed by atoms with Crippen molar-refractivity contribution in [1.29, 1.82) is 0 Å². The molecule has 1 fully saturated rings. The van der Waals surface area contributed by atoms with Crippen LogP contribution in [0.25, 0.3) is 0 Å². The van der Waals surface area contributed by atoms with Crippen LogP contribution < -0.4 is 4.90 Å². The Hall–Kier alpha value is -1.92. The van der Waals surface area contributed by atoms with Crippen LogP contribution >= 0.6 is 0 Å². The van der Waals surface area contributed by atoms with Crippen LogP contribution in [0.5, 0.6) is 0 Å². The monoisotopic (exact) mass is 442 g/mol. The summed E-state index contributed by atoms with van der Waals surface area (Å²) in [6.45, 7) is 12.2. The topological polar surface area (TPSA) is 47.1 Å². The van der Waals surface area contributed by atoms with Gasteiger partial charge in [0.2, 0.25) is 5.91 Å². The van der Waals surface area contributed by atoms with Gasteiger partial charge in [0.25, 0.3) is 5.91 Å². The van der Waals surface area contributed by atoms with E-state index < -0.39 is 0 Å². The Morgan fingerprint density at radius 3 is 2.28 bits per heavy atom. The Kier molecular flexibility index (Phi) is 9.11. The molecule has 2 amide bonds. The molecule has 2 heterocycles. The molecular weight excluding hydrogens is 400 g/mol. The van der Waals surface area contributed by atoms with Crippen molar-refractivity contribution in [1.82, 2.24) is 14.7 Å². The van der Waals surface area contributed by atoms with E-state index in [1.807, 2.05) is 21.9 Å². The molecule has 2 aliphatic heterocycles. The highest BCUT2D eigenvalue weighted by molar-refractivity contribution is 5.97. The van der Waals surface area contributed by atoms with Crippen molar-refractivity contribution in [3.8, 4) is 0 Å². The third-order valence-electron chi connectivity index (χ3n) is 6.93. The van der Waals surface area contributed by atoms with Crippen molar-refractivity contribution in [2.45, 2.75) is 71.9 Å². The van der Waals surface area contributed by atoms with E-state index in [0.29, 0.717) is 6.04 Å². The Labute approximate surface area is 194 Å². The number of carbonyl (C=O) groups excluding carboxylic acids is 2. The summed E-state index contributed by atoms with van der Waals surface area (Å²) in [7, 11) is 2.12. The number of fused-ring (bicyclic) bond motifs is 1. The quantitative estimate of drug-likeness (QED) is 0.695. The van der Waals surface area contributed by atoms with Crippen molar-refractivity contribution in [2.24, 2.45) is 0 Å². The molecule has 1 saturated heterocycles. The molecule has 1 aromatic rings. The highest BCUT2D eigenvalue weighted by atomic mass is 16.2. The zero-order valence-corrected chi connectivity index (χ0v) is 20.6. The van der Waals surface area contributed by atoms with Crippen molar-refractivity contribution >= 4 is 17.5 Å². The molecule has 0 aromatic heterocycles. The predicted molar refractivity (Wildman–Crippen MR) is 131 cm³/mol. The molecule has 0 N–H and O–H groups in total. The second-order valence-corrected chi connectivity index (χ2v) is 9.80. The number of hydrogen-bond acceptors (Lipinski definition) is 4. The fourth-order valence-corrected chi connectivity index (χ4v) is 4.84. The maximum atomic E-state index is 13.4. The minimum absolute atomic E-state index is 0.0778. The molecule has 0 spiro atoms. The maximum Gasteiger partial charge on any atom is 0.253 e. The summed E-state index contributed by atoms with van der Waals surface area (Å²) in [6.07, 6.45) is 6.84. The number of amides is 2. The molecule has 0 unspecified atom stereocenters. The van der Waals surface area contributed by atoms with E-state index in [9.17, 15) is 9.59 Å². The molecule has 0 bridgehead atoms. The highest BCUT2D eigenvalue weighted by Crippen LogP contribution is 2.27. The van der Waals surface area contributed by atoms with E-state index in [2.05, 4.69) is 36.8 Å². The highest BCUT2D eigenvalue weighted by Gasteiger charge is 2.23. The molecule has 0 aliphatic carbocycles. The van der Waals surface area contributed by atoms with Crippen molar-refractivity contribution in [2.75, 3.05) is 51.2 Å². The van der Waals surface area contributed by atoms with Gasteiger partial charge in [0.05, 0.1) is 0 Å². The normalized spacial score (nSPS) is 20.3. The van der Waals surface area contributed by atoms with Gasteiger partial charge in [-0.25, -0.2) is 0 Å². The first kappa shape index (κ1) is 24.7. The first-order chi connectivity index (χ1) is 15.4. The fraction of sp³-hybridized carbons (Fsp3) is 0.692. The number of rotatable bonds is 2. The Bertz CT molecular complexity index is 779. The molecule has 6 heteroatoms. The minimum Gasteiger partial charge on any atom is -0.337 e. The average Bonchev–Trinajstić information content (AvgIpc) is 2.97. The summed E-state index contributed by atoms with van der Waals surface area (Å²) in [4.78, 5) is 34.6. The summed E-state index contributed by atoms with van der Waals surface area (Å²) in [5.41, 5.74) is 2.80. The van der Waals surface area contributed by atoms with E-state index in [4.69, 9.17) is 0 Å². The van der Waals surface area contributed by atoms with Crippen LogP contribution in [0.3, 0.4) is 0 Å². The molecular formula is C26H42N4O2. The van der Waals surface area contributed by atoms with E-state index in [1.165, 1.54) is 19.3 Å². The van der Waals surface area contributed by atoms with Gasteiger partial charge in [0.15, 0.2) is 0 Å². The van der Waals surface area contributed by atoms with Crippen molar-refractivity contribution in [3.05, 3.63) is 29.3 Å². The lowest BCUT2D eigenvalue weighted by atomic mass is 10.0. The lowest BCUT2D eigenvalue weighted by molar-refractivity contribution is -0.116. The molecule has 2 aliphatic rings. The Morgan fingerprint density at radius 2 is 1.56 bits per heavy atom. The van der Waals surface area contributed by atoms with Crippen molar-refractivity contribution < 1.29 is 9.59 Å². The van der Waals surface area contributed by atoms with Crippen LogP contribution in [0.1, 0.15) is 75.2 Å². The number of nitrogens with zero attached hydrogens (tertiary/aromatic N) is 4. The molecule has 0 radical (unpaired) electrons. The number of hydrogen-bond donors (Lipinski definition) is 0. The van der Waals surface area contributed by atoms with E-state index >= 15 is 0 Å². The van der Waals surface area contributed by atoms with Gasteiger partial charge >= 0.3 is 0 Å². The lowest BCUT2D eigenvalue weighted by Crippen LogP contribution is -2.36. The van der Waals surface area contributed by atoms with E-state index in [-0.39, 0.29) is 11.8 Å². The molecule has 1 aromatic carbocycles. The van der Waals surface area contributed by atoms with Gasteiger partial charge in [-0.3, -0.25) is 14.5 Å². The van der Waals surface area contributed by atoms with Crippen LogP contribution in [-0.2, 0) is 11.3 Å². The third kappa shape index (κ3) is 6.55. The minimum atomic E-state index is 0.0778. The van der Waals surface area contributed by atoms with Gasteiger partial charge in [-0.1, -0.05) is 19.3 Å². The molecule has 0 saturated carbocycles. The second kappa shape index (κ2) is 11.8. The molecule has 6 nitrogen and oxygen atoms in total. The number of benzene rings is 1. The van der Waals surface area contributed by atoms with Gasteiger partial charge in [0.1, 0.15) is 0 Å². The van der Waals surface area contributed by atoms with Crippen molar-refractivity contribution in [3.63, 3.8) is 0 Å². The molecule has 0 atom stereocenters. The smallest absolute Gasteiger partial charge is 0.253 e. The number of likely N-dealkylation sites (N-methyl/N-ethyl adjacent to an activating group) is 1. The summed E-state index contributed by atoms with van der Waals surface area (Å²) in [6, 6.07) is 6.41. The van der Waals surface area contributed by atoms with Gasteiger partial charge in [0, 0.05) is 56.9 Å². The lowest BCUT2D eigenvalue weighted by Gasteiger charge is -2.31. The Balaban J connectivity index is 1.94. The number of carbonyl (C=O) groups is 2. The summed E-state index contributed by atoms with van der Waals surface area (Å²) in [5.74, 6) is 0.189. The summed E-state index contributed by atoms with van der Waals surface area (Å²) >= 11 is 0. The fourth-order valence-electron chi connectivity index (χ4n) is 4.84. The predicted octanol–water partition coefficient (Wildman–Crippen LogP) is 3.99. The summed E-state index contributed by atoms with van der Waals surface area (Å²) < 4.78 is 0. The van der Waals surface area contributed by atoms with E-state index in [0.717, 1.165) is 81.9 Å². The molecule has 3 rings (SSSR count). The largest absolute Gasteiger partial charge is 0.337 e. The van der Waals surface area contributed by atoms with Crippen LogP contribution in [0.2, 0.25) is 0 Å². The zero-order chi connectivity index (χ0) is 23.1. The second-order valence-electron chi connectivity index (χ2n) is 9.80.